The molecule has 5 rings (SSSR count). The number of anilines is 1. The molecule has 0 bridgehead atoms. The first kappa shape index (κ1) is 16.1. The number of primary amides is 1. The zero-order chi connectivity index (χ0) is 18.6. The summed E-state index contributed by atoms with van der Waals surface area (Å²) in [5.41, 5.74) is 9.44. The van der Waals surface area contributed by atoms with Gasteiger partial charge in [-0.3, -0.25) is 14.7 Å². The lowest BCUT2D eigenvalue weighted by molar-refractivity contribution is -0.120. The Kier molecular flexibility index (Phi) is 3.37. The third-order valence-corrected chi connectivity index (χ3v) is 5.69. The number of nitrogens with zero attached hydrogens (tertiary/aromatic N) is 1. The SMILES string of the molecule is NC(=O)C1(c2ccc3[nH]nc(-c4cccc(NC(=O)C5CC5)c4)c3c2)CC1. The van der Waals surface area contributed by atoms with Gasteiger partial charge in [0.2, 0.25) is 11.8 Å². The second-order valence-electron chi connectivity index (χ2n) is 7.62. The fourth-order valence-electron chi connectivity index (χ4n) is 3.67. The van der Waals surface area contributed by atoms with Gasteiger partial charge in [0, 0.05) is 22.6 Å². The number of benzene rings is 2. The van der Waals surface area contributed by atoms with E-state index in [0.29, 0.717) is 0 Å². The molecule has 4 N–H and O–H groups in total. The molecule has 0 aliphatic heterocycles. The molecule has 6 heteroatoms. The van der Waals surface area contributed by atoms with Crippen LogP contribution in [0.3, 0.4) is 0 Å². The molecule has 2 fully saturated rings. The number of H-pyrrole nitrogens is 1. The normalized spacial score (nSPS) is 17.6. The first-order valence-corrected chi connectivity index (χ1v) is 9.27. The van der Waals surface area contributed by atoms with Crippen molar-refractivity contribution in [3.8, 4) is 11.3 Å². The van der Waals surface area contributed by atoms with Crippen molar-refractivity contribution < 1.29 is 9.59 Å². The standard InChI is InChI=1S/C21H20N4O2/c22-20(27)21(8-9-21)14-6-7-17-16(11-14)18(25-24-17)13-2-1-3-15(10-13)23-19(26)12-4-5-12/h1-3,6-7,10-12H,4-5,8-9H2,(H2,22,27)(H,23,26)(H,24,25). The molecule has 27 heavy (non-hydrogen) atoms. The molecular weight excluding hydrogens is 340 g/mol. The van der Waals surface area contributed by atoms with Gasteiger partial charge in [-0.15, -0.1) is 0 Å². The van der Waals surface area contributed by atoms with E-state index in [9.17, 15) is 9.59 Å². The van der Waals surface area contributed by atoms with E-state index in [4.69, 9.17) is 5.73 Å². The Morgan fingerprint density at radius 1 is 1.15 bits per heavy atom. The number of rotatable bonds is 5. The van der Waals surface area contributed by atoms with E-state index >= 15 is 0 Å². The van der Waals surface area contributed by atoms with Gasteiger partial charge in [-0.2, -0.15) is 5.10 Å². The van der Waals surface area contributed by atoms with Crippen molar-refractivity contribution in [2.45, 2.75) is 31.1 Å². The Morgan fingerprint density at radius 2 is 1.96 bits per heavy atom. The van der Waals surface area contributed by atoms with Gasteiger partial charge in [-0.05, 0) is 55.5 Å². The van der Waals surface area contributed by atoms with Gasteiger partial charge in [-0.25, -0.2) is 0 Å². The van der Waals surface area contributed by atoms with E-state index in [2.05, 4.69) is 15.5 Å². The predicted molar refractivity (Wildman–Crippen MR) is 103 cm³/mol. The predicted octanol–water partition coefficient (Wildman–Crippen LogP) is 3.10. The molecule has 3 aromatic rings. The van der Waals surface area contributed by atoms with Gasteiger partial charge in [0.1, 0.15) is 0 Å². The number of aromatic amines is 1. The minimum absolute atomic E-state index is 0.0819. The van der Waals surface area contributed by atoms with Crippen molar-refractivity contribution >= 4 is 28.4 Å². The van der Waals surface area contributed by atoms with Crippen molar-refractivity contribution in [1.29, 1.82) is 0 Å². The van der Waals surface area contributed by atoms with Crippen LogP contribution in [0.15, 0.2) is 42.5 Å². The maximum atomic E-state index is 12.0. The highest BCUT2D eigenvalue weighted by Gasteiger charge is 2.50. The number of aromatic nitrogens is 2. The number of amides is 2. The smallest absolute Gasteiger partial charge is 0.228 e. The van der Waals surface area contributed by atoms with Gasteiger partial charge in [0.25, 0.3) is 0 Å². The summed E-state index contributed by atoms with van der Waals surface area (Å²) in [5, 5.41) is 11.4. The number of hydrogen-bond donors (Lipinski definition) is 3. The molecule has 0 atom stereocenters. The molecule has 2 saturated carbocycles. The first-order valence-electron chi connectivity index (χ1n) is 9.27. The second-order valence-corrected chi connectivity index (χ2v) is 7.62. The summed E-state index contributed by atoms with van der Waals surface area (Å²) in [7, 11) is 0. The Bertz CT molecular complexity index is 1080. The fraction of sp³-hybridized carbons (Fsp3) is 0.286. The van der Waals surface area contributed by atoms with Crippen LogP contribution in [0, 0.1) is 5.92 Å². The average Bonchev–Trinajstić information content (AvgIpc) is 3.57. The summed E-state index contributed by atoms with van der Waals surface area (Å²) in [4.78, 5) is 23.9. The number of nitrogens with two attached hydrogens (primary N) is 1. The molecule has 0 spiro atoms. The Morgan fingerprint density at radius 3 is 2.67 bits per heavy atom. The number of fused-ring (bicyclic) bond motifs is 1. The molecule has 136 valence electrons. The summed E-state index contributed by atoms with van der Waals surface area (Å²) < 4.78 is 0. The minimum Gasteiger partial charge on any atom is -0.369 e. The van der Waals surface area contributed by atoms with Crippen LogP contribution in [0.5, 0.6) is 0 Å². The van der Waals surface area contributed by atoms with E-state index in [1.165, 1.54) is 0 Å². The van der Waals surface area contributed by atoms with Crippen LogP contribution in [0.4, 0.5) is 5.69 Å². The second kappa shape index (κ2) is 5.67. The largest absolute Gasteiger partial charge is 0.369 e. The summed E-state index contributed by atoms with van der Waals surface area (Å²) in [5.74, 6) is -0.0268. The molecule has 2 aliphatic carbocycles. The van der Waals surface area contributed by atoms with Crippen LogP contribution in [0.1, 0.15) is 31.2 Å². The minimum atomic E-state index is -0.525. The zero-order valence-corrected chi connectivity index (χ0v) is 14.8. The molecule has 1 aromatic heterocycles. The van der Waals surface area contributed by atoms with Crippen LogP contribution in [-0.2, 0) is 15.0 Å². The maximum absolute atomic E-state index is 12.0. The number of nitrogens with one attached hydrogen (secondary N) is 2. The van der Waals surface area contributed by atoms with Crippen molar-refractivity contribution in [2.24, 2.45) is 11.7 Å². The number of carbonyl (C=O) groups excluding carboxylic acids is 2. The summed E-state index contributed by atoms with van der Waals surface area (Å²) in [6.45, 7) is 0. The third kappa shape index (κ3) is 2.68. The summed E-state index contributed by atoms with van der Waals surface area (Å²) in [6.07, 6.45) is 3.53. The van der Waals surface area contributed by atoms with Gasteiger partial charge in [-0.1, -0.05) is 18.2 Å². The van der Waals surface area contributed by atoms with Gasteiger partial charge >= 0.3 is 0 Å². The Balaban J connectivity index is 1.53. The number of carbonyl (C=O) groups is 2. The number of hydrogen-bond acceptors (Lipinski definition) is 3. The van der Waals surface area contributed by atoms with Gasteiger partial charge in [0.15, 0.2) is 0 Å². The molecule has 0 radical (unpaired) electrons. The molecule has 2 aliphatic rings. The molecule has 2 amide bonds. The molecule has 1 heterocycles. The maximum Gasteiger partial charge on any atom is 0.228 e. The summed E-state index contributed by atoms with van der Waals surface area (Å²) in [6, 6.07) is 13.6. The molecule has 0 saturated heterocycles. The Hall–Kier alpha value is -3.15. The van der Waals surface area contributed by atoms with Crippen LogP contribution in [-0.4, -0.2) is 22.0 Å². The van der Waals surface area contributed by atoms with Crippen molar-refractivity contribution in [1.82, 2.24) is 10.2 Å². The Labute approximate surface area is 156 Å². The average molecular weight is 360 g/mol. The topological polar surface area (TPSA) is 101 Å². The summed E-state index contributed by atoms with van der Waals surface area (Å²) >= 11 is 0. The third-order valence-electron chi connectivity index (χ3n) is 5.69. The highest BCUT2D eigenvalue weighted by molar-refractivity contribution is 5.98. The van der Waals surface area contributed by atoms with Crippen molar-refractivity contribution in [2.75, 3.05) is 5.32 Å². The van der Waals surface area contributed by atoms with E-state index in [-0.39, 0.29) is 17.7 Å². The van der Waals surface area contributed by atoms with Crippen LogP contribution >= 0.6 is 0 Å². The molecule has 2 aromatic carbocycles. The molecule has 6 nitrogen and oxygen atoms in total. The first-order chi connectivity index (χ1) is 13.1. The van der Waals surface area contributed by atoms with E-state index in [1.54, 1.807) is 0 Å². The molecular formula is C21H20N4O2. The lowest BCUT2D eigenvalue weighted by atomic mass is 9.93. The lowest BCUT2D eigenvalue weighted by Gasteiger charge is -2.11. The highest BCUT2D eigenvalue weighted by atomic mass is 16.2. The van der Waals surface area contributed by atoms with E-state index < -0.39 is 5.41 Å². The van der Waals surface area contributed by atoms with Gasteiger partial charge in [0.05, 0.1) is 16.6 Å². The van der Waals surface area contributed by atoms with Crippen molar-refractivity contribution in [3.63, 3.8) is 0 Å². The monoisotopic (exact) mass is 360 g/mol. The van der Waals surface area contributed by atoms with E-state index in [0.717, 1.165) is 59.1 Å². The van der Waals surface area contributed by atoms with Gasteiger partial charge < -0.3 is 11.1 Å². The zero-order valence-electron chi connectivity index (χ0n) is 14.8. The quantitative estimate of drug-likeness (QED) is 0.652. The lowest BCUT2D eigenvalue weighted by Crippen LogP contribution is -2.28. The fourth-order valence-corrected chi connectivity index (χ4v) is 3.67. The van der Waals surface area contributed by atoms with E-state index in [1.807, 2.05) is 42.5 Å². The van der Waals surface area contributed by atoms with Crippen LogP contribution in [0.2, 0.25) is 0 Å². The molecule has 0 unspecified atom stereocenters. The van der Waals surface area contributed by atoms with Crippen LogP contribution in [0.25, 0.3) is 22.2 Å². The highest BCUT2D eigenvalue weighted by Crippen LogP contribution is 2.48. The van der Waals surface area contributed by atoms with Crippen molar-refractivity contribution in [3.05, 3.63) is 48.0 Å². The van der Waals surface area contributed by atoms with Crippen LogP contribution < -0.4 is 11.1 Å².